The van der Waals surface area contributed by atoms with E-state index in [-0.39, 0.29) is 138 Å². The maximum absolute atomic E-state index is 14.8. The summed E-state index contributed by atoms with van der Waals surface area (Å²) in [4.78, 5) is 145. The summed E-state index contributed by atoms with van der Waals surface area (Å²) in [6.45, 7) is 11.4. The number of phosphoric ester groups is 1. The van der Waals surface area contributed by atoms with Crippen LogP contribution < -0.4 is 35.0 Å². The summed E-state index contributed by atoms with van der Waals surface area (Å²) in [6.07, 6.45) is 2.05. The Kier molecular flexibility index (Phi) is 27.6. The van der Waals surface area contributed by atoms with Crippen molar-refractivity contribution in [2.45, 2.75) is 71.9 Å². The molecule has 4 aliphatic rings. The number of amides is 9. The molecule has 1 fully saturated rings. The average Bonchev–Trinajstić information content (AvgIpc) is 1.69. The van der Waals surface area contributed by atoms with Gasteiger partial charge in [-0.05, 0) is 64.8 Å². The first kappa shape index (κ1) is 78.5. The van der Waals surface area contributed by atoms with Crippen molar-refractivity contribution in [1.29, 1.82) is 0 Å². The van der Waals surface area contributed by atoms with E-state index in [1.54, 1.807) is 72.2 Å². The lowest BCUT2D eigenvalue weighted by Crippen LogP contribution is -2.59. The Labute approximate surface area is 601 Å². The minimum Gasteiger partial charge on any atom is -0.445 e. The Morgan fingerprint density at radius 1 is 0.650 bits per heavy atom. The number of halogens is 1. The lowest BCUT2D eigenvalue weighted by Gasteiger charge is -2.52. The highest BCUT2D eigenvalue weighted by Gasteiger charge is 2.60. The van der Waals surface area contributed by atoms with Crippen molar-refractivity contribution in [2.24, 2.45) is 16.7 Å². The Morgan fingerprint density at radius 3 is 1.73 bits per heavy atom. The zero-order valence-electron chi connectivity index (χ0n) is 58.7. The van der Waals surface area contributed by atoms with Crippen LogP contribution in [0.4, 0.5) is 26.7 Å². The van der Waals surface area contributed by atoms with Crippen LogP contribution in [0.2, 0.25) is 0 Å². The maximum atomic E-state index is 14.8. The maximum Gasteiger partial charge on any atom is 0.524 e. The first-order valence-electron chi connectivity index (χ1n) is 34.1. The molecule has 29 nitrogen and oxygen atoms in total. The van der Waals surface area contributed by atoms with Crippen molar-refractivity contribution in [3.63, 3.8) is 0 Å². The van der Waals surface area contributed by atoms with Crippen molar-refractivity contribution in [3.05, 3.63) is 114 Å². The second kappa shape index (κ2) is 36.2. The standard InChI is InChI=1S/C72H90ClN8O21P/c1-47(2)65(76-60(82)22-27-94-29-31-96-33-35-98-37-38-99-36-34-97-32-30-95-28-26-80-62(84)19-20-63(80)85)66(86)74-42-61(83)75-50-17-15-48(16-18-50)44-100-69(89)77(5)24-25-78(6)70(90)101-58-39-56-52(51-11-7-8-12-53(51)58)21-23-79(56)67(87)71(3)45-72(4,46-71)68(88)81-43-49(41-73)64-55-14-10-9-13-54(55)59(40-57(64)81)102-103(91,92)93/h7-20,39-40,47,49,65H,21-38,41-46H2,1-6H3,(H,74,86)(H,75,83)(H,76,82)(H2,91,92,93)/t49-,65?,71?,72?/m1/s1. The minimum atomic E-state index is -4.98. The molecule has 0 spiro atoms. The monoisotopic (exact) mass is 1470 g/mol. The summed E-state index contributed by atoms with van der Waals surface area (Å²) in [5.74, 6) is -2.80. The van der Waals surface area contributed by atoms with Crippen LogP contribution in [0.15, 0.2) is 97.1 Å². The molecule has 9 rings (SSSR count). The number of anilines is 3. The summed E-state index contributed by atoms with van der Waals surface area (Å²) in [6, 6.07) is 23.3. The van der Waals surface area contributed by atoms with Gasteiger partial charge in [-0.2, -0.15) is 0 Å². The van der Waals surface area contributed by atoms with E-state index in [4.69, 9.17) is 54.0 Å². The molecule has 5 aromatic carbocycles. The minimum absolute atomic E-state index is 0.00384. The van der Waals surface area contributed by atoms with Gasteiger partial charge < -0.3 is 78.0 Å². The Hall–Kier alpha value is -8.61. The Bertz CT molecular complexity index is 3960. The fourth-order valence-corrected chi connectivity index (χ4v) is 13.8. The summed E-state index contributed by atoms with van der Waals surface area (Å²) in [5.41, 5.74) is 1.83. The van der Waals surface area contributed by atoms with E-state index in [1.165, 1.54) is 42.1 Å². The molecular weight excluding hydrogens is 1380 g/mol. The van der Waals surface area contributed by atoms with Gasteiger partial charge in [0.2, 0.25) is 29.5 Å². The Balaban J connectivity index is 0.635. The molecule has 9 amide bonds. The van der Waals surface area contributed by atoms with Crippen LogP contribution in [0.1, 0.15) is 69.6 Å². The largest absolute Gasteiger partial charge is 0.524 e. The lowest BCUT2D eigenvalue weighted by atomic mass is 9.53. The van der Waals surface area contributed by atoms with E-state index in [2.05, 4.69) is 16.0 Å². The fraction of sp³-hybridized carbons (Fsp3) is 0.486. The van der Waals surface area contributed by atoms with E-state index in [9.17, 15) is 57.5 Å². The van der Waals surface area contributed by atoms with Gasteiger partial charge >= 0.3 is 20.0 Å². The third-order valence-electron chi connectivity index (χ3n) is 18.2. The highest BCUT2D eigenvalue weighted by Crippen LogP contribution is 2.59. The molecule has 1 aliphatic carbocycles. The number of hydrogen-bond acceptors (Lipinski definition) is 19. The van der Waals surface area contributed by atoms with E-state index < -0.39 is 54.6 Å². The van der Waals surface area contributed by atoms with Crippen LogP contribution in [-0.4, -0.2) is 223 Å². The predicted octanol–water partition coefficient (Wildman–Crippen LogP) is 6.84. The molecule has 5 aromatic rings. The fourth-order valence-electron chi connectivity index (χ4n) is 13.1. The number of nitrogens with zero attached hydrogens (tertiary/aromatic N) is 5. The number of carbonyl (C=O) groups excluding carboxylic acids is 9. The molecule has 0 bridgehead atoms. The zero-order chi connectivity index (χ0) is 74.0. The number of carbonyl (C=O) groups is 9. The summed E-state index contributed by atoms with van der Waals surface area (Å²) < 4.78 is 61.6. The number of fused-ring (bicyclic) bond motifs is 6. The molecule has 0 aromatic heterocycles. The molecule has 2 atom stereocenters. The number of imide groups is 1. The molecule has 1 saturated carbocycles. The average molecular weight is 1470 g/mol. The number of benzene rings is 5. The molecule has 0 saturated heterocycles. The predicted molar refractivity (Wildman–Crippen MR) is 380 cm³/mol. The lowest BCUT2D eigenvalue weighted by molar-refractivity contribution is -0.151. The quantitative estimate of drug-likeness (QED) is 0.0117. The normalized spacial score (nSPS) is 17.8. The van der Waals surface area contributed by atoms with Crippen LogP contribution in [0.5, 0.6) is 11.5 Å². The zero-order valence-corrected chi connectivity index (χ0v) is 60.3. The van der Waals surface area contributed by atoms with Crippen molar-refractivity contribution < 1.29 is 99.9 Å². The van der Waals surface area contributed by atoms with Crippen LogP contribution in [0.25, 0.3) is 21.5 Å². The number of hydrogen-bond donors (Lipinski definition) is 5. The first-order valence-corrected chi connectivity index (χ1v) is 36.2. The number of rotatable bonds is 38. The van der Waals surface area contributed by atoms with Crippen LogP contribution in [0, 0.1) is 16.7 Å². The topological polar surface area (TPSA) is 347 Å². The van der Waals surface area contributed by atoms with Crippen molar-refractivity contribution in [1.82, 2.24) is 25.3 Å². The summed E-state index contributed by atoms with van der Waals surface area (Å²) >= 11 is 6.51. The van der Waals surface area contributed by atoms with E-state index in [0.717, 1.165) is 21.4 Å². The van der Waals surface area contributed by atoms with E-state index in [0.29, 0.717) is 105 Å². The molecule has 3 heterocycles. The van der Waals surface area contributed by atoms with E-state index >= 15 is 0 Å². The molecule has 556 valence electrons. The van der Waals surface area contributed by atoms with Gasteiger partial charge in [-0.1, -0.05) is 88.4 Å². The number of ether oxygens (including phenoxy) is 8. The molecule has 5 N–H and O–H groups in total. The second-order valence-electron chi connectivity index (χ2n) is 26.4. The van der Waals surface area contributed by atoms with Crippen molar-refractivity contribution >= 4 is 112 Å². The molecule has 3 aliphatic heterocycles. The SMILES string of the molecule is CC(C)C(NC(=O)CCOCCOCCOCCOCCOCCOCCN1C(=O)C=CC1=O)C(=O)NCC(=O)Nc1ccc(COC(=O)N(C)CCN(C)C(=O)Oc2cc3c(c4ccccc24)CCN3C(=O)C2(C)CC(C)(C(=O)N3C[C@@H](CCl)c4c3cc(OP(=O)(O)O)c3ccccc43)C2)cc1. The molecule has 1 unspecified atom stereocenters. The van der Waals surface area contributed by atoms with Gasteiger partial charge in [0.05, 0.1) is 104 Å². The van der Waals surface area contributed by atoms with Crippen molar-refractivity contribution in [2.75, 3.05) is 154 Å². The third kappa shape index (κ3) is 20.6. The van der Waals surface area contributed by atoms with Gasteiger partial charge in [-0.25, -0.2) is 14.2 Å². The number of nitrogens with one attached hydrogen (secondary N) is 3. The molecule has 103 heavy (non-hydrogen) atoms. The highest BCUT2D eigenvalue weighted by atomic mass is 35.5. The Morgan fingerprint density at radius 2 is 1.17 bits per heavy atom. The smallest absolute Gasteiger partial charge is 0.445 e. The summed E-state index contributed by atoms with van der Waals surface area (Å²) in [7, 11) is -1.92. The second-order valence-corrected chi connectivity index (χ2v) is 27.9. The first-order chi connectivity index (χ1) is 49.3. The van der Waals surface area contributed by atoms with Gasteiger partial charge in [0, 0.05) is 110 Å². The number of phosphoric acid groups is 1. The van der Waals surface area contributed by atoms with Gasteiger partial charge in [0.1, 0.15) is 24.1 Å². The van der Waals surface area contributed by atoms with Crippen LogP contribution >= 0.6 is 19.4 Å². The number of likely N-dealkylation sites (N-methyl/N-ethyl adjacent to an activating group) is 2. The van der Waals surface area contributed by atoms with Gasteiger partial charge in [0.25, 0.3) is 11.8 Å². The van der Waals surface area contributed by atoms with Gasteiger partial charge in [-0.3, -0.25) is 48.2 Å². The summed E-state index contributed by atoms with van der Waals surface area (Å²) in [5, 5.41) is 10.6. The van der Waals surface area contributed by atoms with Gasteiger partial charge in [-0.15, -0.1) is 11.6 Å². The van der Waals surface area contributed by atoms with Gasteiger partial charge in [0.15, 0.2) is 0 Å². The highest BCUT2D eigenvalue weighted by molar-refractivity contribution is 7.46. The van der Waals surface area contributed by atoms with Crippen LogP contribution in [0.3, 0.4) is 0 Å². The molecule has 0 radical (unpaired) electrons. The van der Waals surface area contributed by atoms with E-state index in [1.807, 2.05) is 44.2 Å². The number of alkyl halides is 1. The third-order valence-corrected chi connectivity index (χ3v) is 19.0. The van der Waals surface area contributed by atoms with Crippen molar-refractivity contribution in [3.8, 4) is 11.5 Å². The molecular formula is C72H90ClN8O21P. The van der Waals surface area contributed by atoms with Crippen LogP contribution in [-0.2, 0) is 84.3 Å². The molecule has 31 heteroatoms.